The molecule has 172 valence electrons. The lowest BCUT2D eigenvalue weighted by Crippen LogP contribution is -2.24. The van der Waals surface area contributed by atoms with E-state index >= 15 is 0 Å². The molecule has 3 aromatic carbocycles. The van der Waals surface area contributed by atoms with Crippen LogP contribution in [-0.4, -0.2) is 18.4 Å². The van der Waals surface area contributed by atoms with E-state index in [2.05, 4.69) is 5.32 Å². The fraction of sp³-hybridized carbons (Fsp3) is 0.259. The summed E-state index contributed by atoms with van der Waals surface area (Å²) in [6, 6.07) is 19.7. The predicted molar refractivity (Wildman–Crippen MR) is 125 cm³/mol. The number of amides is 2. The smallest absolute Gasteiger partial charge is 0.251 e. The number of carbonyl (C=O) groups excluding carboxylic acids is 2. The summed E-state index contributed by atoms with van der Waals surface area (Å²) in [5.74, 6) is -1.30. The molecule has 4 nitrogen and oxygen atoms in total. The highest BCUT2D eigenvalue weighted by molar-refractivity contribution is 5.94. The van der Waals surface area contributed by atoms with Crippen LogP contribution in [0.1, 0.15) is 65.1 Å². The first kappa shape index (κ1) is 24.1. The molecule has 0 aliphatic carbocycles. The number of nitrogens with one attached hydrogen (secondary N) is 1. The number of halogens is 2. The van der Waals surface area contributed by atoms with E-state index in [4.69, 9.17) is 5.73 Å². The van der Waals surface area contributed by atoms with Crippen LogP contribution in [0.4, 0.5) is 8.78 Å². The molecule has 0 saturated heterocycles. The first-order chi connectivity index (χ1) is 15.9. The van der Waals surface area contributed by atoms with Crippen molar-refractivity contribution in [3.8, 4) is 0 Å². The van der Waals surface area contributed by atoms with Gasteiger partial charge < -0.3 is 11.1 Å². The summed E-state index contributed by atoms with van der Waals surface area (Å²) in [5.41, 5.74) is 8.32. The minimum atomic E-state index is -0.323. The summed E-state index contributed by atoms with van der Waals surface area (Å²) < 4.78 is 26.9. The van der Waals surface area contributed by atoms with Gasteiger partial charge in [-0.25, -0.2) is 8.78 Å². The molecule has 2 amide bonds. The summed E-state index contributed by atoms with van der Waals surface area (Å²) in [6.45, 7) is 0.560. The van der Waals surface area contributed by atoms with Crippen LogP contribution in [0.5, 0.6) is 0 Å². The molecule has 6 heteroatoms. The number of primary amides is 1. The maximum atomic E-state index is 13.5. The van der Waals surface area contributed by atoms with Gasteiger partial charge in [0.25, 0.3) is 5.91 Å². The molecule has 0 heterocycles. The second-order valence-electron chi connectivity index (χ2n) is 8.04. The second kappa shape index (κ2) is 11.9. The lowest BCUT2D eigenvalue weighted by Gasteiger charge is -2.19. The van der Waals surface area contributed by atoms with Crippen LogP contribution in [0, 0.1) is 11.6 Å². The predicted octanol–water partition coefficient (Wildman–Crippen LogP) is 5.31. The summed E-state index contributed by atoms with van der Waals surface area (Å²) in [6.07, 6.45) is 3.83. The van der Waals surface area contributed by atoms with Gasteiger partial charge in [0.2, 0.25) is 5.91 Å². The Morgan fingerprint density at radius 1 is 0.697 bits per heavy atom. The monoisotopic (exact) mass is 450 g/mol. The van der Waals surface area contributed by atoms with E-state index in [1.54, 1.807) is 36.4 Å². The van der Waals surface area contributed by atoms with Gasteiger partial charge in [-0.2, -0.15) is 0 Å². The van der Waals surface area contributed by atoms with Gasteiger partial charge in [0.1, 0.15) is 11.6 Å². The van der Waals surface area contributed by atoms with Gasteiger partial charge in [0.05, 0.1) is 0 Å². The van der Waals surface area contributed by atoms with Crippen LogP contribution in [0.2, 0.25) is 0 Å². The van der Waals surface area contributed by atoms with Gasteiger partial charge in [0.15, 0.2) is 0 Å². The summed E-state index contributed by atoms with van der Waals surface area (Å²) in [5, 5.41) is 2.91. The number of carbonyl (C=O) groups is 2. The average Bonchev–Trinajstić information content (AvgIpc) is 2.81. The van der Waals surface area contributed by atoms with E-state index in [1.165, 1.54) is 24.3 Å². The number of hydrogen-bond acceptors (Lipinski definition) is 2. The normalized spacial score (nSPS) is 10.9. The maximum absolute atomic E-state index is 13.5. The third kappa shape index (κ3) is 7.24. The Kier molecular flexibility index (Phi) is 8.70. The fourth-order valence-electron chi connectivity index (χ4n) is 3.80. The van der Waals surface area contributed by atoms with E-state index in [0.717, 1.165) is 42.4 Å². The average molecular weight is 451 g/mol. The highest BCUT2D eigenvalue weighted by Gasteiger charge is 2.18. The Bertz CT molecular complexity index is 1000. The van der Waals surface area contributed by atoms with Crippen molar-refractivity contribution in [2.24, 2.45) is 5.73 Å². The molecule has 33 heavy (non-hydrogen) atoms. The van der Waals surface area contributed by atoms with Crippen LogP contribution in [0.25, 0.3) is 0 Å². The zero-order valence-electron chi connectivity index (χ0n) is 18.4. The van der Waals surface area contributed by atoms with Crippen molar-refractivity contribution in [1.82, 2.24) is 5.32 Å². The van der Waals surface area contributed by atoms with E-state index in [0.29, 0.717) is 18.5 Å². The Balaban J connectivity index is 1.65. The van der Waals surface area contributed by atoms with Crippen LogP contribution in [0.3, 0.4) is 0 Å². The number of hydrogen-bond donors (Lipinski definition) is 2. The van der Waals surface area contributed by atoms with Gasteiger partial charge in [-0.05, 0) is 65.9 Å². The molecule has 0 aliphatic heterocycles. The zero-order valence-corrected chi connectivity index (χ0v) is 18.4. The van der Waals surface area contributed by atoms with Gasteiger partial charge >= 0.3 is 0 Å². The molecule has 0 spiro atoms. The van der Waals surface area contributed by atoms with Gasteiger partial charge in [-0.1, -0.05) is 49.2 Å². The fourth-order valence-corrected chi connectivity index (χ4v) is 3.80. The van der Waals surface area contributed by atoms with Crippen molar-refractivity contribution >= 4 is 11.8 Å². The van der Waals surface area contributed by atoms with Crippen molar-refractivity contribution in [3.05, 3.63) is 107 Å². The van der Waals surface area contributed by atoms with E-state index < -0.39 is 0 Å². The Morgan fingerprint density at radius 3 is 1.64 bits per heavy atom. The highest BCUT2D eigenvalue weighted by atomic mass is 19.1. The van der Waals surface area contributed by atoms with Crippen molar-refractivity contribution in [3.63, 3.8) is 0 Å². The second-order valence-corrected chi connectivity index (χ2v) is 8.04. The zero-order chi connectivity index (χ0) is 23.6. The number of benzene rings is 3. The Labute approximate surface area is 192 Å². The molecule has 3 rings (SSSR count). The van der Waals surface area contributed by atoms with Crippen LogP contribution in [-0.2, 0) is 4.79 Å². The minimum Gasteiger partial charge on any atom is -0.370 e. The minimum absolute atomic E-state index is 0.154. The summed E-state index contributed by atoms with van der Waals surface area (Å²) in [7, 11) is 0. The first-order valence-electron chi connectivity index (χ1n) is 11.1. The lowest BCUT2D eigenvalue weighted by molar-refractivity contribution is -0.118. The number of nitrogens with two attached hydrogens (primary N) is 1. The van der Waals surface area contributed by atoms with Crippen molar-refractivity contribution in [2.75, 3.05) is 6.54 Å². The first-order valence-corrected chi connectivity index (χ1v) is 11.1. The van der Waals surface area contributed by atoms with Crippen LogP contribution in [0.15, 0.2) is 72.8 Å². The lowest BCUT2D eigenvalue weighted by atomic mass is 9.85. The third-order valence-corrected chi connectivity index (χ3v) is 5.55. The maximum Gasteiger partial charge on any atom is 0.251 e. The van der Waals surface area contributed by atoms with E-state index in [1.807, 2.05) is 12.1 Å². The van der Waals surface area contributed by atoms with Crippen LogP contribution >= 0.6 is 0 Å². The van der Waals surface area contributed by atoms with Gasteiger partial charge in [-0.3, -0.25) is 9.59 Å². The van der Waals surface area contributed by atoms with Crippen molar-refractivity contribution in [1.29, 1.82) is 0 Å². The molecule has 0 unspecified atom stereocenters. The van der Waals surface area contributed by atoms with Gasteiger partial charge in [-0.15, -0.1) is 0 Å². The SMILES string of the molecule is NC(=O)CCCCCCNC(=O)c1ccc(C(c2ccc(F)cc2)c2ccc(F)cc2)cc1. The quantitative estimate of drug-likeness (QED) is 0.307. The molecule has 0 aliphatic rings. The van der Waals surface area contributed by atoms with Crippen molar-refractivity contribution < 1.29 is 18.4 Å². The molecule has 0 saturated carbocycles. The molecular formula is C27H28F2N2O2. The van der Waals surface area contributed by atoms with Gasteiger partial charge in [0, 0.05) is 24.4 Å². The largest absolute Gasteiger partial charge is 0.370 e. The van der Waals surface area contributed by atoms with E-state index in [9.17, 15) is 18.4 Å². The highest BCUT2D eigenvalue weighted by Crippen LogP contribution is 2.32. The number of rotatable bonds is 11. The molecule has 0 aromatic heterocycles. The molecule has 0 atom stereocenters. The molecule has 0 bridgehead atoms. The van der Waals surface area contributed by atoms with Crippen molar-refractivity contribution in [2.45, 2.75) is 38.0 Å². The molecule has 0 radical (unpaired) electrons. The van der Waals surface area contributed by atoms with Crippen LogP contribution < -0.4 is 11.1 Å². The number of unbranched alkanes of at least 4 members (excludes halogenated alkanes) is 3. The standard InChI is InChI=1S/C27H28F2N2O2/c28-23-14-10-20(11-15-23)26(21-12-16-24(29)17-13-21)19-6-8-22(9-7-19)27(33)31-18-4-2-1-3-5-25(30)32/h6-17,26H,1-5,18H2,(H2,30,32)(H,31,33). The molecule has 3 N–H and O–H groups in total. The van der Waals surface area contributed by atoms with E-state index in [-0.39, 0.29) is 29.4 Å². The summed E-state index contributed by atoms with van der Waals surface area (Å²) >= 11 is 0. The topological polar surface area (TPSA) is 72.2 Å². The molecule has 3 aromatic rings. The molecule has 0 fully saturated rings. The Hall–Kier alpha value is -3.54. The summed E-state index contributed by atoms with van der Waals surface area (Å²) in [4.78, 5) is 23.2. The Morgan fingerprint density at radius 2 is 1.15 bits per heavy atom. The third-order valence-electron chi connectivity index (χ3n) is 5.55. The molecular weight excluding hydrogens is 422 g/mol.